The summed E-state index contributed by atoms with van der Waals surface area (Å²) in [5, 5.41) is 2.49. The maximum Gasteiger partial charge on any atom is 0.193 e. The Balaban J connectivity index is 1.73. The van der Waals surface area contributed by atoms with Gasteiger partial charge in [-0.05, 0) is 12.1 Å². The van der Waals surface area contributed by atoms with Crippen LogP contribution < -0.4 is 10.5 Å². The van der Waals surface area contributed by atoms with E-state index in [1.165, 1.54) is 0 Å². The molecule has 92 valence electrons. The van der Waals surface area contributed by atoms with Gasteiger partial charge in [0.15, 0.2) is 4.96 Å². The van der Waals surface area contributed by atoms with Gasteiger partial charge in [0.05, 0.1) is 16.4 Å². The summed E-state index contributed by atoms with van der Waals surface area (Å²) in [6.45, 7) is 0.411. The number of benzene rings is 1. The lowest BCUT2D eigenvalue weighted by molar-refractivity contribution is 0.302. The molecule has 0 saturated heterocycles. The summed E-state index contributed by atoms with van der Waals surface area (Å²) in [5.74, 6) is 0.686. The van der Waals surface area contributed by atoms with Gasteiger partial charge in [0.2, 0.25) is 0 Å². The molecule has 0 aliphatic rings. The zero-order valence-corrected chi connectivity index (χ0v) is 10.9. The average molecular weight is 280 g/mol. The van der Waals surface area contributed by atoms with Gasteiger partial charge in [0, 0.05) is 23.8 Å². The fraction of sp³-hybridized carbons (Fsp3) is 0.0833. The number of halogens is 1. The molecule has 0 atom stereocenters. The third-order valence-corrected chi connectivity index (χ3v) is 3.60. The molecule has 0 aliphatic carbocycles. The predicted molar refractivity (Wildman–Crippen MR) is 73.3 cm³/mol. The lowest BCUT2D eigenvalue weighted by Crippen LogP contribution is -1.96. The van der Waals surface area contributed by atoms with Crippen molar-refractivity contribution in [2.75, 3.05) is 5.73 Å². The lowest BCUT2D eigenvalue weighted by Gasteiger charge is -2.05. The highest BCUT2D eigenvalue weighted by Crippen LogP contribution is 2.24. The van der Waals surface area contributed by atoms with E-state index in [0.717, 1.165) is 10.7 Å². The van der Waals surface area contributed by atoms with Crippen molar-refractivity contribution < 1.29 is 4.74 Å². The van der Waals surface area contributed by atoms with Crippen molar-refractivity contribution in [2.45, 2.75) is 6.61 Å². The second-order valence-corrected chi connectivity index (χ2v) is 5.08. The van der Waals surface area contributed by atoms with Crippen molar-refractivity contribution in [1.82, 2.24) is 9.38 Å². The van der Waals surface area contributed by atoms with Crippen molar-refractivity contribution in [3.05, 3.63) is 46.7 Å². The molecule has 0 radical (unpaired) electrons. The van der Waals surface area contributed by atoms with Crippen LogP contribution in [0.2, 0.25) is 5.02 Å². The van der Waals surface area contributed by atoms with Crippen LogP contribution in [0.3, 0.4) is 0 Å². The number of aromatic nitrogens is 2. The van der Waals surface area contributed by atoms with Gasteiger partial charge in [-0.2, -0.15) is 0 Å². The second kappa shape index (κ2) is 4.51. The number of anilines is 1. The van der Waals surface area contributed by atoms with E-state index in [2.05, 4.69) is 4.98 Å². The van der Waals surface area contributed by atoms with Crippen LogP contribution in [0.5, 0.6) is 5.75 Å². The number of nitrogens with two attached hydrogens (primary N) is 1. The summed E-state index contributed by atoms with van der Waals surface area (Å²) in [4.78, 5) is 5.39. The molecule has 3 rings (SSSR count). The Morgan fingerprint density at radius 2 is 2.33 bits per heavy atom. The third kappa shape index (κ3) is 2.14. The van der Waals surface area contributed by atoms with Crippen molar-refractivity contribution >= 4 is 33.6 Å². The first kappa shape index (κ1) is 11.4. The van der Waals surface area contributed by atoms with Gasteiger partial charge in [0.1, 0.15) is 12.4 Å². The monoisotopic (exact) mass is 279 g/mol. The summed E-state index contributed by atoms with van der Waals surface area (Å²) in [7, 11) is 0. The highest BCUT2D eigenvalue weighted by atomic mass is 35.5. The summed E-state index contributed by atoms with van der Waals surface area (Å²) in [5.41, 5.74) is 7.06. The van der Waals surface area contributed by atoms with Crippen molar-refractivity contribution in [3.8, 4) is 5.75 Å². The number of nitrogens with zero attached hydrogens (tertiary/aromatic N) is 2. The van der Waals surface area contributed by atoms with Crippen molar-refractivity contribution in [1.29, 1.82) is 0 Å². The van der Waals surface area contributed by atoms with Crippen LogP contribution in [-0.2, 0) is 6.61 Å². The molecule has 0 bridgehead atoms. The number of rotatable bonds is 3. The van der Waals surface area contributed by atoms with E-state index < -0.39 is 0 Å². The van der Waals surface area contributed by atoms with E-state index >= 15 is 0 Å². The van der Waals surface area contributed by atoms with Gasteiger partial charge in [-0.15, -0.1) is 11.3 Å². The highest BCUT2D eigenvalue weighted by Gasteiger charge is 2.04. The molecule has 0 unspecified atom stereocenters. The normalized spacial score (nSPS) is 10.9. The molecule has 6 heteroatoms. The minimum Gasteiger partial charge on any atom is -0.487 e. The summed E-state index contributed by atoms with van der Waals surface area (Å²) in [6, 6.07) is 5.22. The molecule has 0 aliphatic heterocycles. The van der Waals surface area contributed by atoms with Crippen LogP contribution >= 0.6 is 22.9 Å². The first-order valence-electron chi connectivity index (χ1n) is 5.31. The highest BCUT2D eigenvalue weighted by molar-refractivity contribution is 7.15. The van der Waals surface area contributed by atoms with Crippen molar-refractivity contribution in [3.63, 3.8) is 0 Å². The van der Waals surface area contributed by atoms with Crippen LogP contribution in [0.25, 0.3) is 4.96 Å². The van der Waals surface area contributed by atoms with Gasteiger partial charge in [-0.3, -0.25) is 4.40 Å². The maximum absolute atomic E-state index is 5.92. The Kier molecular flexibility index (Phi) is 2.85. The number of ether oxygens (including phenoxy) is 1. The van der Waals surface area contributed by atoms with Crippen LogP contribution in [-0.4, -0.2) is 9.38 Å². The zero-order chi connectivity index (χ0) is 12.5. The Hall–Kier alpha value is -1.72. The largest absolute Gasteiger partial charge is 0.487 e. The van der Waals surface area contributed by atoms with E-state index in [0.29, 0.717) is 23.1 Å². The number of thiazole rings is 1. The Morgan fingerprint density at radius 3 is 3.11 bits per heavy atom. The van der Waals surface area contributed by atoms with Gasteiger partial charge in [-0.1, -0.05) is 11.6 Å². The number of fused-ring (bicyclic) bond motifs is 1. The van der Waals surface area contributed by atoms with Crippen LogP contribution in [0.4, 0.5) is 5.69 Å². The Bertz CT molecular complexity index is 663. The molecule has 18 heavy (non-hydrogen) atoms. The summed E-state index contributed by atoms with van der Waals surface area (Å²) < 4.78 is 7.59. The fourth-order valence-corrected chi connectivity index (χ4v) is 2.49. The van der Waals surface area contributed by atoms with Gasteiger partial charge < -0.3 is 10.5 Å². The molecule has 2 aromatic heterocycles. The Morgan fingerprint density at radius 1 is 1.44 bits per heavy atom. The van der Waals surface area contributed by atoms with Crippen LogP contribution in [0.1, 0.15) is 5.69 Å². The van der Waals surface area contributed by atoms with Crippen LogP contribution in [0, 0.1) is 0 Å². The molecular weight excluding hydrogens is 270 g/mol. The van der Waals surface area contributed by atoms with E-state index in [9.17, 15) is 0 Å². The second-order valence-electron chi connectivity index (χ2n) is 3.80. The molecule has 0 fully saturated rings. The molecule has 2 N–H and O–H groups in total. The molecule has 4 nitrogen and oxygen atoms in total. The smallest absolute Gasteiger partial charge is 0.193 e. The summed E-state index contributed by atoms with van der Waals surface area (Å²) >= 11 is 7.51. The first-order chi connectivity index (χ1) is 8.72. The number of nitrogen functional groups attached to an aromatic ring is 1. The van der Waals surface area contributed by atoms with E-state index in [4.69, 9.17) is 22.1 Å². The molecule has 3 aromatic rings. The quantitative estimate of drug-likeness (QED) is 0.749. The maximum atomic E-state index is 5.92. The van der Waals surface area contributed by atoms with E-state index in [-0.39, 0.29) is 0 Å². The van der Waals surface area contributed by atoms with Gasteiger partial charge >= 0.3 is 0 Å². The minimum absolute atomic E-state index is 0.411. The lowest BCUT2D eigenvalue weighted by atomic mass is 10.3. The number of hydrogen-bond acceptors (Lipinski definition) is 4. The third-order valence-electron chi connectivity index (χ3n) is 2.50. The first-order valence-corrected chi connectivity index (χ1v) is 6.57. The molecule has 2 heterocycles. The fourth-order valence-electron chi connectivity index (χ4n) is 1.60. The van der Waals surface area contributed by atoms with Crippen molar-refractivity contribution in [2.24, 2.45) is 0 Å². The topological polar surface area (TPSA) is 52.5 Å². The number of imidazole rings is 1. The predicted octanol–water partition coefficient (Wildman–Crippen LogP) is 3.21. The molecular formula is C12H10ClN3OS. The zero-order valence-electron chi connectivity index (χ0n) is 9.34. The average Bonchev–Trinajstić information content (AvgIpc) is 2.91. The SMILES string of the molecule is Nc1ccc(OCc2cn3ccsc3n2)cc1Cl. The molecule has 0 amide bonds. The minimum atomic E-state index is 0.411. The number of hydrogen-bond donors (Lipinski definition) is 1. The molecule has 0 saturated carbocycles. The Labute approximate surface area is 113 Å². The summed E-state index contributed by atoms with van der Waals surface area (Å²) in [6.07, 6.45) is 3.92. The molecule has 0 spiro atoms. The van der Waals surface area contributed by atoms with E-state index in [1.807, 2.05) is 22.2 Å². The van der Waals surface area contributed by atoms with Gasteiger partial charge in [0.25, 0.3) is 0 Å². The van der Waals surface area contributed by atoms with Crippen LogP contribution in [0.15, 0.2) is 36.0 Å². The molecule has 1 aromatic carbocycles. The van der Waals surface area contributed by atoms with Gasteiger partial charge in [-0.25, -0.2) is 4.98 Å². The standard InChI is InChI=1S/C12H10ClN3OS/c13-10-5-9(1-2-11(10)14)17-7-8-6-16-3-4-18-12(16)15-8/h1-6H,7,14H2. The van der Waals surface area contributed by atoms with E-state index in [1.54, 1.807) is 29.5 Å².